The Morgan fingerprint density at radius 2 is 1.89 bits per heavy atom. The van der Waals surface area contributed by atoms with Crippen LogP contribution in [0.4, 0.5) is 0 Å². The third-order valence-electron chi connectivity index (χ3n) is 3.50. The van der Waals surface area contributed by atoms with Crippen molar-refractivity contribution in [3.63, 3.8) is 0 Å². The van der Waals surface area contributed by atoms with Crippen molar-refractivity contribution in [1.29, 1.82) is 0 Å². The Kier molecular flexibility index (Phi) is 7.47. The van der Waals surface area contributed by atoms with Crippen LogP contribution in [0.5, 0.6) is 5.75 Å². The van der Waals surface area contributed by atoms with Crippen LogP contribution in [0.3, 0.4) is 0 Å². The molecule has 0 heterocycles. The van der Waals surface area contributed by atoms with Gasteiger partial charge in [0.15, 0.2) is 0 Å². The van der Waals surface area contributed by atoms with Crippen molar-refractivity contribution in [2.24, 2.45) is 5.92 Å². The van der Waals surface area contributed by atoms with Crippen LogP contribution in [-0.4, -0.2) is 13.2 Å². The molecule has 3 heteroatoms. The van der Waals surface area contributed by atoms with E-state index in [0.717, 1.165) is 29.9 Å². The second-order valence-electron chi connectivity index (χ2n) is 4.98. The average molecular weight is 328 g/mol. The van der Waals surface area contributed by atoms with Gasteiger partial charge in [0.1, 0.15) is 5.75 Å². The third kappa shape index (κ3) is 5.15. The molecule has 0 fully saturated rings. The summed E-state index contributed by atoms with van der Waals surface area (Å²) in [6.45, 7) is 11.3. The first-order valence-corrected chi connectivity index (χ1v) is 8.04. The Labute approximate surface area is 126 Å². The van der Waals surface area contributed by atoms with Crippen LogP contribution < -0.4 is 10.1 Å². The quantitative estimate of drug-likeness (QED) is 0.748. The fourth-order valence-electron chi connectivity index (χ4n) is 2.12. The van der Waals surface area contributed by atoms with Gasteiger partial charge >= 0.3 is 0 Å². The summed E-state index contributed by atoms with van der Waals surface area (Å²) in [5.74, 6) is 1.70. The first-order chi connectivity index (χ1) is 9.12. The summed E-state index contributed by atoms with van der Waals surface area (Å²) in [6.07, 6.45) is 2.35. The molecule has 0 radical (unpaired) electrons. The Morgan fingerprint density at radius 3 is 2.47 bits per heavy atom. The maximum Gasteiger partial charge on any atom is 0.126 e. The standard InChI is InChI=1S/C16H26BrNO/c1-5-13(6-2)11-19-16-12(4)8-15(17)9-14(16)10-18-7-3/h8-9,13,18H,5-7,10-11H2,1-4H3. The van der Waals surface area contributed by atoms with E-state index in [1.165, 1.54) is 24.0 Å². The van der Waals surface area contributed by atoms with E-state index in [2.05, 4.69) is 61.1 Å². The number of rotatable bonds is 8. The van der Waals surface area contributed by atoms with Crippen LogP contribution in [0.25, 0.3) is 0 Å². The lowest BCUT2D eigenvalue weighted by Gasteiger charge is -2.19. The van der Waals surface area contributed by atoms with Crippen molar-refractivity contribution in [2.75, 3.05) is 13.2 Å². The lowest BCUT2D eigenvalue weighted by atomic mass is 10.0. The van der Waals surface area contributed by atoms with Gasteiger partial charge in [-0.3, -0.25) is 0 Å². The largest absolute Gasteiger partial charge is 0.493 e. The summed E-state index contributed by atoms with van der Waals surface area (Å²) in [5.41, 5.74) is 2.44. The number of benzene rings is 1. The van der Waals surface area contributed by atoms with E-state index >= 15 is 0 Å². The van der Waals surface area contributed by atoms with Crippen molar-refractivity contribution >= 4 is 15.9 Å². The smallest absolute Gasteiger partial charge is 0.126 e. The lowest BCUT2D eigenvalue weighted by molar-refractivity contribution is 0.237. The molecule has 2 nitrogen and oxygen atoms in total. The number of hydrogen-bond acceptors (Lipinski definition) is 2. The molecule has 19 heavy (non-hydrogen) atoms. The van der Waals surface area contributed by atoms with Gasteiger partial charge in [-0.1, -0.05) is 49.5 Å². The Bertz CT molecular complexity index is 389. The van der Waals surface area contributed by atoms with E-state index in [4.69, 9.17) is 4.74 Å². The fraction of sp³-hybridized carbons (Fsp3) is 0.625. The van der Waals surface area contributed by atoms with E-state index < -0.39 is 0 Å². The van der Waals surface area contributed by atoms with Crippen LogP contribution >= 0.6 is 15.9 Å². The molecule has 108 valence electrons. The van der Waals surface area contributed by atoms with Gasteiger partial charge < -0.3 is 10.1 Å². The first kappa shape index (κ1) is 16.5. The van der Waals surface area contributed by atoms with Crippen LogP contribution in [0.15, 0.2) is 16.6 Å². The molecule has 0 saturated carbocycles. The third-order valence-corrected chi connectivity index (χ3v) is 3.96. The van der Waals surface area contributed by atoms with Crippen LogP contribution in [-0.2, 0) is 6.54 Å². The van der Waals surface area contributed by atoms with Crippen molar-refractivity contribution < 1.29 is 4.74 Å². The molecule has 0 amide bonds. The molecular weight excluding hydrogens is 302 g/mol. The molecule has 0 aliphatic rings. The molecule has 1 rings (SSSR count). The summed E-state index contributed by atoms with van der Waals surface area (Å²) in [6, 6.07) is 4.27. The Morgan fingerprint density at radius 1 is 1.21 bits per heavy atom. The zero-order valence-corrected chi connectivity index (χ0v) is 14.1. The predicted octanol–water partition coefficient (Wildman–Crippen LogP) is 4.68. The van der Waals surface area contributed by atoms with Gasteiger partial charge in [0.05, 0.1) is 6.61 Å². The molecule has 0 aliphatic carbocycles. The van der Waals surface area contributed by atoms with E-state index in [0.29, 0.717) is 5.92 Å². The molecule has 0 saturated heterocycles. The van der Waals surface area contributed by atoms with Crippen LogP contribution in [0.1, 0.15) is 44.7 Å². The molecule has 0 unspecified atom stereocenters. The van der Waals surface area contributed by atoms with Gasteiger partial charge in [-0.15, -0.1) is 0 Å². The molecule has 0 spiro atoms. The highest BCUT2D eigenvalue weighted by molar-refractivity contribution is 9.10. The minimum atomic E-state index is 0.648. The minimum absolute atomic E-state index is 0.648. The Balaban J connectivity index is 2.84. The maximum absolute atomic E-state index is 6.10. The van der Waals surface area contributed by atoms with Gasteiger partial charge in [-0.05, 0) is 37.1 Å². The van der Waals surface area contributed by atoms with E-state index in [-0.39, 0.29) is 0 Å². The highest BCUT2D eigenvalue weighted by Crippen LogP contribution is 2.29. The molecular formula is C16H26BrNO. The number of ether oxygens (including phenoxy) is 1. The van der Waals surface area contributed by atoms with Crippen LogP contribution in [0, 0.1) is 12.8 Å². The van der Waals surface area contributed by atoms with Gasteiger partial charge in [0.25, 0.3) is 0 Å². The first-order valence-electron chi connectivity index (χ1n) is 7.24. The van der Waals surface area contributed by atoms with Gasteiger partial charge in [0, 0.05) is 16.6 Å². The minimum Gasteiger partial charge on any atom is -0.493 e. The normalized spacial score (nSPS) is 11.1. The highest BCUT2D eigenvalue weighted by Gasteiger charge is 2.11. The second-order valence-corrected chi connectivity index (χ2v) is 5.90. The molecule has 1 aromatic carbocycles. The van der Waals surface area contributed by atoms with Gasteiger partial charge in [-0.25, -0.2) is 0 Å². The molecule has 1 N–H and O–H groups in total. The number of halogens is 1. The maximum atomic E-state index is 6.10. The fourth-order valence-corrected chi connectivity index (χ4v) is 2.74. The van der Waals surface area contributed by atoms with Crippen molar-refractivity contribution in [3.8, 4) is 5.75 Å². The number of aryl methyl sites for hydroxylation is 1. The molecule has 1 aromatic rings. The Hall–Kier alpha value is -0.540. The van der Waals surface area contributed by atoms with E-state index in [9.17, 15) is 0 Å². The SMILES string of the molecule is CCNCc1cc(Br)cc(C)c1OCC(CC)CC. The molecule has 0 atom stereocenters. The summed E-state index contributed by atoms with van der Waals surface area (Å²) in [4.78, 5) is 0. The summed E-state index contributed by atoms with van der Waals surface area (Å²) in [5, 5.41) is 3.37. The predicted molar refractivity (Wildman–Crippen MR) is 85.8 cm³/mol. The average Bonchev–Trinajstić information content (AvgIpc) is 2.39. The van der Waals surface area contributed by atoms with E-state index in [1.54, 1.807) is 0 Å². The van der Waals surface area contributed by atoms with Gasteiger partial charge in [0.2, 0.25) is 0 Å². The number of hydrogen-bond donors (Lipinski definition) is 1. The molecule has 0 bridgehead atoms. The monoisotopic (exact) mass is 327 g/mol. The second kappa shape index (κ2) is 8.60. The van der Waals surface area contributed by atoms with Crippen molar-refractivity contribution in [1.82, 2.24) is 5.32 Å². The van der Waals surface area contributed by atoms with Crippen molar-refractivity contribution in [2.45, 2.75) is 47.1 Å². The molecule has 0 aromatic heterocycles. The molecule has 0 aliphatic heterocycles. The topological polar surface area (TPSA) is 21.3 Å². The zero-order valence-electron chi connectivity index (χ0n) is 12.6. The van der Waals surface area contributed by atoms with E-state index in [1.807, 2.05) is 0 Å². The summed E-state index contributed by atoms with van der Waals surface area (Å²) in [7, 11) is 0. The summed E-state index contributed by atoms with van der Waals surface area (Å²) < 4.78 is 7.22. The lowest BCUT2D eigenvalue weighted by Crippen LogP contribution is -2.16. The van der Waals surface area contributed by atoms with Crippen molar-refractivity contribution in [3.05, 3.63) is 27.7 Å². The van der Waals surface area contributed by atoms with Gasteiger partial charge in [-0.2, -0.15) is 0 Å². The van der Waals surface area contributed by atoms with Crippen LogP contribution in [0.2, 0.25) is 0 Å². The number of nitrogens with one attached hydrogen (secondary N) is 1. The summed E-state index contributed by atoms with van der Waals surface area (Å²) >= 11 is 3.56. The highest BCUT2D eigenvalue weighted by atomic mass is 79.9. The zero-order chi connectivity index (χ0) is 14.3.